The van der Waals surface area contributed by atoms with Crippen LogP contribution in [0.5, 0.6) is 0 Å². The molecule has 0 aromatic carbocycles. The number of amides is 2. The summed E-state index contributed by atoms with van der Waals surface area (Å²) in [4.78, 5) is 28.4. The molecule has 3 rings (SSSR count). The van der Waals surface area contributed by atoms with Crippen LogP contribution in [0, 0.1) is 0 Å². The van der Waals surface area contributed by atoms with Gasteiger partial charge in [0.2, 0.25) is 5.91 Å². The summed E-state index contributed by atoms with van der Waals surface area (Å²) in [5.74, 6) is -0.000247. The van der Waals surface area contributed by atoms with Crippen molar-refractivity contribution < 1.29 is 14.3 Å². The third-order valence-corrected chi connectivity index (χ3v) is 4.22. The molecule has 0 aliphatic carbocycles. The number of piperidine rings is 1. The highest BCUT2D eigenvalue weighted by Crippen LogP contribution is 2.14. The molecule has 0 bridgehead atoms. The molecule has 1 atom stereocenters. The van der Waals surface area contributed by atoms with Crippen molar-refractivity contribution >= 4 is 11.8 Å². The maximum Gasteiger partial charge on any atom is 0.253 e. The third kappa shape index (κ3) is 3.47. The number of nitrogens with zero attached hydrogens (tertiary/aromatic N) is 4. The highest BCUT2D eigenvalue weighted by Gasteiger charge is 2.32. The maximum absolute atomic E-state index is 12.5. The highest BCUT2D eigenvalue weighted by molar-refractivity contribution is 5.83. The van der Waals surface area contributed by atoms with Gasteiger partial charge >= 0.3 is 0 Å². The Morgan fingerprint density at radius 3 is 2.68 bits per heavy atom. The Morgan fingerprint density at radius 1 is 1.14 bits per heavy atom. The molecule has 2 aliphatic heterocycles. The molecule has 0 spiro atoms. The van der Waals surface area contributed by atoms with E-state index in [1.165, 1.54) is 6.42 Å². The van der Waals surface area contributed by atoms with Crippen molar-refractivity contribution in [2.75, 3.05) is 32.8 Å². The van der Waals surface area contributed by atoms with Crippen LogP contribution in [0.1, 0.15) is 19.3 Å². The van der Waals surface area contributed by atoms with Crippen molar-refractivity contribution in [3.63, 3.8) is 0 Å². The van der Waals surface area contributed by atoms with E-state index < -0.39 is 6.10 Å². The standard InChI is InChI=1S/C15H22N4O3/c20-14(12-19-8-4-5-16-19)18-9-10-22-13(11-18)15(21)17-6-2-1-3-7-17/h4-5,8,13H,1-3,6-7,9-12H2. The molecule has 2 fully saturated rings. The fourth-order valence-electron chi connectivity index (χ4n) is 2.98. The minimum Gasteiger partial charge on any atom is -0.365 e. The summed E-state index contributed by atoms with van der Waals surface area (Å²) in [5, 5.41) is 4.04. The third-order valence-electron chi connectivity index (χ3n) is 4.22. The number of hydrogen-bond donors (Lipinski definition) is 0. The quantitative estimate of drug-likeness (QED) is 0.796. The Labute approximate surface area is 129 Å². The molecule has 2 aliphatic rings. The summed E-state index contributed by atoms with van der Waals surface area (Å²) in [5.41, 5.74) is 0. The molecule has 1 unspecified atom stereocenters. The van der Waals surface area contributed by atoms with Gasteiger partial charge in [-0.05, 0) is 25.3 Å². The summed E-state index contributed by atoms with van der Waals surface area (Å²) in [6.45, 7) is 3.10. The second-order valence-electron chi connectivity index (χ2n) is 5.79. The zero-order valence-electron chi connectivity index (χ0n) is 12.7. The lowest BCUT2D eigenvalue weighted by molar-refractivity contribution is -0.155. The van der Waals surface area contributed by atoms with E-state index >= 15 is 0 Å². The first kappa shape index (κ1) is 15.0. The lowest BCUT2D eigenvalue weighted by Gasteiger charge is -2.36. The van der Waals surface area contributed by atoms with Crippen LogP contribution in [-0.2, 0) is 20.9 Å². The average Bonchev–Trinajstić information content (AvgIpc) is 3.08. The number of ether oxygens (including phenoxy) is 1. The van der Waals surface area contributed by atoms with E-state index in [4.69, 9.17) is 4.74 Å². The van der Waals surface area contributed by atoms with Gasteiger partial charge in [0.15, 0.2) is 6.10 Å². The molecule has 0 saturated carbocycles. The van der Waals surface area contributed by atoms with Crippen LogP contribution in [0.25, 0.3) is 0 Å². The molecule has 2 saturated heterocycles. The van der Waals surface area contributed by atoms with Gasteiger partial charge in [-0.25, -0.2) is 0 Å². The normalized spacial score (nSPS) is 22.6. The smallest absolute Gasteiger partial charge is 0.253 e. The van der Waals surface area contributed by atoms with E-state index in [0.29, 0.717) is 19.7 Å². The van der Waals surface area contributed by atoms with Crippen LogP contribution < -0.4 is 0 Å². The second-order valence-corrected chi connectivity index (χ2v) is 5.79. The van der Waals surface area contributed by atoms with E-state index in [2.05, 4.69) is 5.10 Å². The number of morpholine rings is 1. The zero-order chi connectivity index (χ0) is 15.4. The van der Waals surface area contributed by atoms with Crippen molar-refractivity contribution in [3.05, 3.63) is 18.5 Å². The summed E-state index contributed by atoms with van der Waals surface area (Å²) in [6.07, 6.45) is 6.18. The molecule has 0 N–H and O–H groups in total. The molecule has 3 heterocycles. The number of hydrogen-bond acceptors (Lipinski definition) is 4. The van der Waals surface area contributed by atoms with E-state index in [1.807, 2.05) is 4.90 Å². The van der Waals surface area contributed by atoms with Crippen molar-refractivity contribution in [2.24, 2.45) is 0 Å². The largest absolute Gasteiger partial charge is 0.365 e. The predicted molar refractivity (Wildman–Crippen MR) is 79.0 cm³/mol. The number of rotatable bonds is 3. The summed E-state index contributed by atoms with van der Waals surface area (Å²) >= 11 is 0. The van der Waals surface area contributed by atoms with E-state index in [-0.39, 0.29) is 18.4 Å². The lowest BCUT2D eigenvalue weighted by atomic mass is 10.1. The maximum atomic E-state index is 12.5. The van der Waals surface area contributed by atoms with Gasteiger partial charge in [0.1, 0.15) is 6.54 Å². The van der Waals surface area contributed by atoms with Crippen LogP contribution in [0.15, 0.2) is 18.5 Å². The molecule has 1 aromatic heterocycles. The molecular formula is C15H22N4O3. The fourth-order valence-corrected chi connectivity index (χ4v) is 2.98. The van der Waals surface area contributed by atoms with Crippen LogP contribution in [0.3, 0.4) is 0 Å². The van der Waals surface area contributed by atoms with Crippen molar-refractivity contribution in [1.82, 2.24) is 19.6 Å². The van der Waals surface area contributed by atoms with Crippen LogP contribution in [-0.4, -0.2) is 70.3 Å². The van der Waals surface area contributed by atoms with Gasteiger partial charge in [0, 0.05) is 32.0 Å². The number of carbonyl (C=O) groups excluding carboxylic acids is 2. The SMILES string of the molecule is O=C(Cn1cccn1)N1CCOC(C(=O)N2CCCCC2)C1. The minimum atomic E-state index is -0.520. The first-order chi connectivity index (χ1) is 10.7. The van der Waals surface area contributed by atoms with Crippen LogP contribution in [0.2, 0.25) is 0 Å². The fraction of sp³-hybridized carbons (Fsp3) is 0.667. The van der Waals surface area contributed by atoms with Gasteiger partial charge < -0.3 is 14.5 Å². The zero-order valence-corrected chi connectivity index (χ0v) is 12.7. The molecule has 7 heteroatoms. The van der Waals surface area contributed by atoms with Gasteiger partial charge in [-0.1, -0.05) is 0 Å². The van der Waals surface area contributed by atoms with Crippen LogP contribution >= 0.6 is 0 Å². The summed E-state index contributed by atoms with van der Waals surface area (Å²) in [6, 6.07) is 1.79. The minimum absolute atomic E-state index is 0.0243. The molecule has 1 aromatic rings. The Balaban J connectivity index is 1.56. The Kier molecular flexibility index (Phi) is 4.72. The number of aromatic nitrogens is 2. The Hall–Kier alpha value is -1.89. The van der Waals surface area contributed by atoms with Gasteiger partial charge in [0.25, 0.3) is 5.91 Å². The van der Waals surface area contributed by atoms with E-state index in [1.54, 1.807) is 28.0 Å². The number of likely N-dealkylation sites (tertiary alicyclic amines) is 1. The summed E-state index contributed by atoms with van der Waals surface area (Å²) in [7, 11) is 0. The molecule has 0 radical (unpaired) electrons. The van der Waals surface area contributed by atoms with Gasteiger partial charge in [0.05, 0.1) is 13.2 Å². The second kappa shape index (κ2) is 6.91. The molecule has 7 nitrogen and oxygen atoms in total. The van der Waals surface area contributed by atoms with E-state index in [9.17, 15) is 9.59 Å². The average molecular weight is 306 g/mol. The highest BCUT2D eigenvalue weighted by atomic mass is 16.5. The number of carbonyl (C=O) groups is 2. The molecule has 22 heavy (non-hydrogen) atoms. The first-order valence-electron chi connectivity index (χ1n) is 7.89. The van der Waals surface area contributed by atoms with Crippen LogP contribution in [0.4, 0.5) is 0 Å². The summed E-state index contributed by atoms with van der Waals surface area (Å²) < 4.78 is 7.20. The molecule has 120 valence electrons. The Morgan fingerprint density at radius 2 is 1.95 bits per heavy atom. The van der Waals surface area contributed by atoms with Crippen molar-refractivity contribution in [1.29, 1.82) is 0 Å². The first-order valence-corrected chi connectivity index (χ1v) is 7.89. The van der Waals surface area contributed by atoms with Gasteiger partial charge in [-0.2, -0.15) is 5.10 Å². The predicted octanol–water partition coefficient (Wildman–Crippen LogP) is 0.123. The van der Waals surface area contributed by atoms with Gasteiger partial charge in [-0.15, -0.1) is 0 Å². The topological polar surface area (TPSA) is 67.7 Å². The van der Waals surface area contributed by atoms with Crippen molar-refractivity contribution in [3.8, 4) is 0 Å². The van der Waals surface area contributed by atoms with Gasteiger partial charge in [-0.3, -0.25) is 14.3 Å². The molecular weight excluding hydrogens is 284 g/mol. The molecule has 2 amide bonds. The Bertz CT molecular complexity index is 511. The van der Waals surface area contributed by atoms with Crippen molar-refractivity contribution in [2.45, 2.75) is 31.9 Å². The monoisotopic (exact) mass is 306 g/mol. The lowest BCUT2D eigenvalue weighted by Crippen LogP contribution is -2.53. The van der Waals surface area contributed by atoms with E-state index in [0.717, 1.165) is 25.9 Å².